The number of carboxylic acid groups (broad SMARTS) is 1. The summed E-state index contributed by atoms with van der Waals surface area (Å²) in [4.78, 5) is 10.6. The van der Waals surface area contributed by atoms with Crippen molar-refractivity contribution in [2.45, 2.75) is 19.8 Å². The summed E-state index contributed by atoms with van der Waals surface area (Å²) in [5.74, 6) is 1.58. The molecule has 0 saturated carbocycles. The third-order valence-corrected chi connectivity index (χ3v) is 2.57. The van der Waals surface area contributed by atoms with Gasteiger partial charge in [0.2, 0.25) is 0 Å². The molecule has 0 spiro atoms. The third-order valence-electron chi connectivity index (χ3n) is 2.57. The van der Waals surface area contributed by atoms with E-state index in [0.29, 0.717) is 11.5 Å². The second kappa shape index (κ2) is 4.96. The quantitative estimate of drug-likeness (QED) is 0.841. The van der Waals surface area contributed by atoms with Crippen LogP contribution in [0.3, 0.4) is 0 Å². The lowest BCUT2D eigenvalue weighted by atomic mass is 10.0. The van der Waals surface area contributed by atoms with E-state index in [0.717, 1.165) is 17.6 Å². The first-order valence-electron chi connectivity index (χ1n) is 5.60. The van der Waals surface area contributed by atoms with Gasteiger partial charge in [-0.1, -0.05) is 6.08 Å². The molecule has 0 aliphatic heterocycles. The molecule has 2 rings (SSSR count). The molecule has 0 amide bonds. The summed E-state index contributed by atoms with van der Waals surface area (Å²) in [6.45, 7) is 3.68. The SMILES string of the molecule is Cc1ccc(C(/C=C\C(=O)O)c2ccc(C)o2)o1. The van der Waals surface area contributed by atoms with E-state index < -0.39 is 5.97 Å². The van der Waals surface area contributed by atoms with Crippen molar-refractivity contribution in [3.05, 3.63) is 59.5 Å². The first kappa shape index (κ1) is 12.2. The minimum absolute atomic E-state index is 0.316. The fraction of sp³-hybridized carbons (Fsp3) is 0.214. The molecule has 0 unspecified atom stereocenters. The van der Waals surface area contributed by atoms with Crippen LogP contribution in [0, 0.1) is 13.8 Å². The van der Waals surface area contributed by atoms with Crippen LogP contribution in [0.4, 0.5) is 0 Å². The molecule has 0 aliphatic rings. The highest BCUT2D eigenvalue weighted by molar-refractivity contribution is 5.80. The monoisotopic (exact) mass is 246 g/mol. The van der Waals surface area contributed by atoms with Crippen LogP contribution in [0.15, 0.2) is 45.3 Å². The molecule has 0 aromatic carbocycles. The Balaban J connectivity index is 2.37. The van der Waals surface area contributed by atoms with Gasteiger partial charge in [0.15, 0.2) is 0 Å². The zero-order valence-corrected chi connectivity index (χ0v) is 10.2. The van der Waals surface area contributed by atoms with Gasteiger partial charge < -0.3 is 13.9 Å². The molecule has 0 aliphatic carbocycles. The number of aliphatic carboxylic acids is 1. The van der Waals surface area contributed by atoms with Crippen molar-refractivity contribution in [1.82, 2.24) is 0 Å². The van der Waals surface area contributed by atoms with Crippen LogP contribution in [0.5, 0.6) is 0 Å². The first-order valence-corrected chi connectivity index (χ1v) is 5.60. The molecular formula is C14H14O4. The minimum Gasteiger partial charge on any atom is -0.478 e. The lowest BCUT2D eigenvalue weighted by molar-refractivity contribution is -0.131. The van der Waals surface area contributed by atoms with E-state index in [4.69, 9.17) is 13.9 Å². The van der Waals surface area contributed by atoms with Gasteiger partial charge in [0.25, 0.3) is 0 Å². The molecular weight excluding hydrogens is 232 g/mol. The molecule has 94 valence electrons. The zero-order valence-electron chi connectivity index (χ0n) is 10.2. The Bertz CT molecular complexity index is 534. The molecule has 1 N–H and O–H groups in total. The van der Waals surface area contributed by atoms with Gasteiger partial charge in [-0.3, -0.25) is 0 Å². The first-order chi connectivity index (χ1) is 8.56. The predicted molar refractivity (Wildman–Crippen MR) is 65.5 cm³/mol. The Morgan fingerprint density at radius 2 is 1.61 bits per heavy atom. The Hall–Kier alpha value is -2.23. The maximum atomic E-state index is 10.6. The number of carboxylic acids is 1. The summed E-state index contributed by atoms with van der Waals surface area (Å²) in [6.07, 6.45) is 2.65. The van der Waals surface area contributed by atoms with Gasteiger partial charge >= 0.3 is 5.97 Å². The van der Waals surface area contributed by atoms with Crippen molar-refractivity contribution in [3.63, 3.8) is 0 Å². The number of aryl methyl sites for hydroxylation is 2. The van der Waals surface area contributed by atoms with Crippen molar-refractivity contribution in [2.24, 2.45) is 0 Å². The van der Waals surface area contributed by atoms with Crippen molar-refractivity contribution in [1.29, 1.82) is 0 Å². The average molecular weight is 246 g/mol. The lowest BCUT2D eigenvalue weighted by Gasteiger charge is -2.06. The summed E-state index contributed by atoms with van der Waals surface area (Å²) >= 11 is 0. The number of hydrogen-bond acceptors (Lipinski definition) is 3. The van der Waals surface area contributed by atoms with E-state index in [1.165, 1.54) is 0 Å². The van der Waals surface area contributed by atoms with Crippen molar-refractivity contribution < 1.29 is 18.7 Å². The second-order valence-electron chi connectivity index (χ2n) is 4.07. The van der Waals surface area contributed by atoms with Gasteiger partial charge in [-0.2, -0.15) is 0 Å². The van der Waals surface area contributed by atoms with Crippen LogP contribution in [-0.2, 0) is 4.79 Å². The molecule has 0 atom stereocenters. The largest absolute Gasteiger partial charge is 0.478 e. The van der Waals surface area contributed by atoms with Gasteiger partial charge in [0.05, 0.1) is 5.92 Å². The van der Waals surface area contributed by atoms with Crippen LogP contribution in [0.1, 0.15) is 29.0 Å². The van der Waals surface area contributed by atoms with Crippen molar-refractivity contribution >= 4 is 5.97 Å². The molecule has 4 nitrogen and oxygen atoms in total. The smallest absolute Gasteiger partial charge is 0.328 e. The van der Waals surface area contributed by atoms with Crippen molar-refractivity contribution in [3.8, 4) is 0 Å². The van der Waals surface area contributed by atoms with E-state index in [-0.39, 0.29) is 5.92 Å². The molecule has 0 radical (unpaired) electrons. The van der Waals surface area contributed by atoms with E-state index in [1.54, 1.807) is 6.08 Å². The molecule has 4 heteroatoms. The minimum atomic E-state index is -0.994. The number of carbonyl (C=O) groups is 1. The maximum Gasteiger partial charge on any atom is 0.328 e. The number of hydrogen-bond donors (Lipinski definition) is 1. The van der Waals surface area contributed by atoms with Crippen LogP contribution in [0.25, 0.3) is 0 Å². The Labute approximate surface area is 105 Å². The molecule has 2 heterocycles. The van der Waals surface area contributed by atoms with Crippen LogP contribution in [0.2, 0.25) is 0 Å². The van der Waals surface area contributed by atoms with Gasteiger partial charge in [-0.05, 0) is 38.1 Å². The summed E-state index contributed by atoms with van der Waals surface area (Å²) in [5, 5.41) is 8.72. The highest BCUT2D eigenvalue weighted by atomic mass is 16.4. The summed E-state index contributed by atoms with van der Waals surface area (Å²) in [6, 6.07) is 7.33. The fourth-order valence-corrected chi connectivity index (χ4v) is 1.75. The number of allylic oxidation sites excluding steroid dienone is 1. The number of rotatable bonds is 4. The van der Waals surface area contributed by atoms with E-state index in [2.05, 4.69) is 0 Å². The molecule has 2 aromatic rings. The van der Waals surface area contributed by atoms with E-state index in [1.807, 2.05) is 38.1 Å². The normalized spacial score (nSPS) is 11.5. The van der Waals surface area contributed by atoms with Crippen LogP contribution >= 0.6 is 0 Å². The van der Waals surface area contributed by atoms with Gasteiger partial charge in [0.1, 0.15) is 23.0 Å². The maximum absolute atomic E-state index is 10.6. The molecule has 18 heavy (non-hydrogen) atoms. The zero-order chi connectivity index (χ0) is 13.1. The van der Waals surface area contributed by atoms with Crippen LogP contribution < -0.4 is 0 Å². The predicted octanol–water partition coefficient (Wildman–Crippen LogP) is 3.26. The van der Waals surface area contributed by atoms with Gasteiger partial charge in [-0.15, -0.1) is 0 Å². The molecule has 2 aromatic heterocycles. The molecule has 0 saturated heterocycles. The Morgan fingerprint density at radius 3 is 1.94 bits per heavy atom. The van der Waals surface area contributed by atoms with E-state index in [9.17, 15) is 4.79 Å². The van der Waals surface area contributed by atoms with Crippen molar-refractivity contribution in [2.75, 3.05) is 0 Å². The summed E-state index contributed by atoms with van der Waals surface area (Å²) in [7, 11) is 0. The average Bonchev–Trinajstić information content (AvgIpc) is 2.89. The second-order valence-corrected chi connectivity index (χ2v) is 4.07. The lowest BCUT2D eigenvalue weighted by Crippen LogP contribution is -1.96. The standard InChI is InChI=1S/C14H14O4/c1-9-3-6-12(17-9)11(5-8-14(15)16)13-7-4-10(2)18-13/h3-8,11H,1-2H3,(H,15,16)/b8-5-. The van der Waals surface area contributed by atoms with Gasteiger partial charge in [0, 0.05) is 6.08 Å². The Morgan fingerprint density at radius 1 is 1.11 bits per heavy atom. The molecule has 0 fully saturated rings. The van der Waals surface area contributed by atoms with Gasteiger partial charge in [-0.25, -0.2) is 4.79 Å². The fourth-order valence-electron chi connectivity index (χ4n) is 1.75. The summed E-state index contributed by atoms with van der Waals surface area (Å²) in [5.41, 5.74) is 0. The Kier molecular flexibility index (Phi) is 3.37. The highest BCUT2D eigenvalue weighted by Crippen LogP contribution is 2.29. The highest BCUT2D eigenvalue weighted by Gasteiger charge is 2.18. The van der Waals surface area contributed by atoms with Crippen LogP contribution in [-0.4, -0.2) is 11.1 Å². The number of furan rings is 2. The van der Waals surface area contributed by atoms with E-state index >= 15 is 0 Å². The third kappa shape index (κ3) is 2.71. The summed E-state index contributed by atoms with van der Waals surface area (Å²) < 4.78 is 11.1. The molecule has 0 bridgehead atoms. The topological polar surface area (TPSA) is 63.6 Å².